The lowest BCUT2D eigenvalue weighted by Crippen LogP contribution is -2.56. The van der Waals surface area contributed by atoms with Crippen LogP contribution in [0.4, 0.5) is 0 Å². The zero-order chi connectivity index (χ0) is 8.82. The maximum absolute atomic E-state index is 5.86. The minimum absolute atomic E-state index is 0.0508. The van der Waals surface area contributed by atoms with Crippen molar-refractivity contribution in [1.82, 2.24) is 5.32 Å². The second-order valence-electron chi connectivity index (χ2n) is 4.68. The predicted molar refractivity (Wildman–Crippen MR) is 45.9 cm³/mol. The van der Waals surface area contributed by atoms with E-state index in [4.69, 9.17) is 9.47 Å². The van der Waals surface area contributed by atoms with E-state index >= 15 is 0 Å². The summed E-state index contributed by atoms with van der Waals surface area (Å²) in [5, 5.41) is 3.34. The quantitative estimate of drug-likeness (QED) is 0.583. The summed E-state index contributed by atoms with van der Waals surface area (Å²) in [6, 6.07) is 0. The molecule has 0 radical (unpaired) electrons. The third-order valence-electron chi connectivity index (χ3n) is 2.73. The second-order valence-corrected chi connectivity index (χ2v) is 4.68. The summed E-state index contributed by atoms with van der Waals surface area (Å²) in [7, 11) is 0. The molecule has 0 spiro atoms. The zero-order valence-corrected chi connectivity index (χ0v) is 8.02. The third kappa shape index (κ3) is 1.08. The van der Waals surface area contributed by atoms with Gasteiger partial charge in [0.25, 0.3) is 0 Å². The molecule has 0 saturated carbocycles. The molecule has 1 N–H and O–H groups in total. The monoisotopic (exact) mass is 171 g/mol. The largest absolute Gasteiger partial charge is 0.345 e. The van der Waals surface area contributed by atoms with Crippen LogP contribution in [0.3, 0.4) is 0 Å². The van der Waals surface area contributed by atoms with Gasteiger partial charge in [0.05, 0.1) is 19.3 Å². The average Bonchev–Trinajstić information content (AvgIpc) is 2.27. The van der Waals surface area contributed by atoms with E-state index in [-0.39, 0.29) is 17.3 Å². The molecule has 3 heteroatoms. The smallest absolute Gasteiger partial charge is 0.186 e. The highest BCUT2D eigenvalue weighted by Gasteiger charge is 2.52. The minimum atomic E-state index is -0.379. The molecular formula is C9H17NO2. The number of hydrogen-bond acceptors (Lipinski definition) is 3. The highest BCUT2D eigenvalue weighted by molar-refractivity contribution is 4.95. The van der Waals surface area contributed by atoms with Crippen LogP contribution in [0.1, 0.15) is 20.8 Å². The van der Waals surface area contributed by atoms with Crippen LogP contribution in [0.5, 0.6) is 0 Å². The van der Waals surface area contributed by atoms with E-state index in [1.807, 2.05) is 0 Å². The maximum atomic E-state index is 5.86. The zero-order valence-electron chi connectivity index (χ0n) is 8.02. The van der Waals surface area contributed by atoms with Gasteiger partial charge in [-0.2, -0.15) is 0 Å². The molecular weight excluding hydrogens is 154 g/mol. The molecule has 70 valence electrons. The molecule has 0 aromatic rings. The van der Waals surface area contributed by atoms with Crippen LogP contribution >= 0.6 is 0 Å². The Bertz CT molecular complexity index is 183. The van der Waals surface area contributed by atoms with Crippen LogP contribution < -0.4 is 5.32 Å². The number of ether oxygens (including phenoxy) is 2. The fourth-order valence-corrected chi connectivity index (χ4v) is 1.81. The molecule has 2 aliphatic heterocycles. The van der Waals surface area contributed by atoms with Crippen molar-refractivity contribution in [2.75, 3.05) is 19.7 Å². The summed E-state index contributed by atoms with van der Waals surface area (Å²) in [5.74, 6) is -0.379. The molecule has 0 aliphatic carbocycles. The number of morpholine rings is 1. The highest BCUT2D eigenvalue weighted by atomic mass is 16.7. The van der Waals surface area contributed by atoms with Crippen LogP contribution in [0.2, 0.25) is 0 Å². The van der Waals surface area contributed by atoms with Gasteiger partial charge in [-0.25, -0.2) is 0 Å². The van der Waals surface area contributed by atoms with Crippen LogP contribution in [0, 0.1) is 5.41 Å². The first-order valence-electron chi connectivity index (χ1n) is 4.56. The molecule has 0 aromatic heterocycles. The molecule has 2 bridgehead atoms. The predicted octanol–water partition coefficient (Wildman–Crippen LogP) is 0.747. The van der Waals surface area contributed by atoms with Crippen molar-refractivity contribution < 1.29 is 9.47 Å². The third-order valence-corrected chi connectivity index (χ3v) is 2.73. The van der Waals surface area contributed by atoms with Gasteiger partial charge in [-0.15, -0.1) is 0 Å². The van der Waals surface area contributed by atoms with Crippen LogP contribution in [0.25, 0.3) is 0 Å². The molecule has 0 unspecified atom stereocenters. The van der Waals surface area contributed by atoms with E-state index in [2.05, 4.69) is 26.1 Å². The number of rotatable bonds is 0. The first kappa shape index (κ1) is 8.48. The number of hydrogen-bond donors (Lipinski definition) is 1. The summed E-state index contributed by atoms with van der Waals surface area (Å²) in [6.07, 6.45) is 0.262. The van der Waals surface area contributed by atoms with Gasteiger partial charge in [-0.3, -0.25) is 0 Å². The van der Waals surface area contributed by atoms with Crippen molar-refractivity contribution >= 4 is 0 Å². The van der Waals surface area contributed by atoms with Crippen molar-refractivity contribution in [3.63, 3.8) is 0 Å². The van der Waals surface area contributed by atoms with Gasteiger partial charge in [-0.1, -0.05) is 20.8 Å². The SMILES string of the molecule is CC(C)(C)[C@@]12CNC[C@@H](CO1)O2. The van der Waals surface area contributed by atoms with E-state index in [1.54, 1.807) is 0 Å². The van der Waals surface area contributed by atoms with Gasteiger partial charge in [0.1, 0.15) is 0 Å². The Morgan fingerprint density at radius 2 is 2.17 bits per heavy atom. The van der Waals surface area contributed by atoms with E-state index in [0.717, 1.165) is 19.7 Å². The van der Waals surface area contributed by atoms with Crippen molar-refractivity contribution in [2.24, 2.45) is 5.41 Å². The summed E-state index contributed by atoms with van der Waals surface area (Å²) in [6.45, 7) is 8.95. The van der Waals surface area contributed by atoms with Crippen LogP contribution in [-0.4, -0.2) is 31.6 Å². The molecule has 2 saturated heterocycles. The van der Waals surface area contributed by atoms with Crippen molar-refractivity contribution in [2.45, 2.75) is 32.7 Å². The molecule has 3 nitrogen and oxygen atoms in total. The van der Waals surface area contributed by atoms with Gasteiger partial charge in [-0.05, 0) is 0 Å². The van der Waals surface area contributed by atoms with Crippen LogP contribution in [0.15, 0.2) is 0 Å². The van der Waals surface area contributed by atoms with Crippen molar-refractivity contribution in [1.29, 1.82) is 0 Å². The first-order chi connectivity index (χ1) is 5.54. The summed E-state index contributed by atoms with van der Waals surface area (Å²) < 4.78 is 11.6. The summed E-state index contributed by atoms with van der Waals surface area (Å²) in [5.41, 5.74) is 0.0508. The Morgan fingerprint density at radius 1 is 1.42 bits per heavy atom. The van der Waals surface area contributed by atoms with Gasteiger partial charge >= 0.3 is 0 Å². The van der Waals surface area contributed by atoms with E-state index in [1.165, 1.54) is 0 Å². The molecule has 2 fully saturated rings. The molecule has 2 rings (SSSR count). The topological polar surface area (TPSA) is 30.5 Å². The minimum Gasteiger partial charge on any atom is -0.345 e. The fraction of sp³-hybridized carbons (Fsp3) is 1.00. The lowest BCUT2D eigenvalue weighted by Gasteiger charge is -2.42. The lowest BCUT2D eigenvalue weighted by molar-refractivity contribution is -0.237. The first-order valence-corrected chi connectivity index (χ1v) is 4.56. The highest BCUT2D eigenvalue weighted by Crippen LogP contribution is 2.40. The molecule has 2 atom stereocenters. The molecule has 2 aliphatic rings. The lowest BCUT2D eigenvalue weighted by atomic mass is 9.85. The Labute approximate surface area is 73.4 Å². The summed E-state index contributed by atoms with van der Waals surface area (Å²) in [4.78, 5) is 0. The average molecular weight is 171 g/mol. The Kier molecular flexibility index (Phi) is 1.72. The fourth-order valence-electron chi connectivity index (χ4n) is 1.81. The van der Waals surface area contributed by atoms with Gasteiger partial charge in [0.15, 0.2) is 5.79 Å². The van der Waals surface area contributed by atoms with E-state index in [9.17, 15) is 0 Å². The molecule has 0 amide bonds. The number of nitrogens with one attached hydrogen (secondary N) is 1. The standard InChI is InChI=1S/C9H17NO2/c1-8(2,3)9-6-10-4-7(12-9)5-11-9/h7,10H,4-6H2,1-3H3/t7-,9-/m0/s1. The Balaban J connectivity index is 2.21. The number of fused-ring (bicyclic) bond motifs is 2. The van der Waals surface area contributed by atoms with E-state index in [0.29, 0.717) is 0 Å². The van der Waals surface area contributed by atoms with Crippen molar-refractivity contribution in [3.05, 3.63) is 0 Å². The van der Waals surface area contributed by atoms with Gasteiger partial charge in [0, 0.05) is 12.0 Å². The molecule has 2 heterocycles. The van der Waals surface area contributed by atoms with Crippen molar-refractivity contribution in [3.8, 4) is 0 Å². The maximum Gasteiger partial charge on any atom is 0.186 e. The van der Waals surface area contributed by atoms with E-state index < -0.39 is 0 Å². The summed E-state index contributed by atoms with van der Waals surface area (Å²) >= 11 is 0. The molecule has 12 heavy (non-hydrogen) atoms. The Hall–Kier alpha value is -0.120. The normalized spacial score (nSPS) is 41.8. The Morgan fingerprint density at radius 3 is 2.75 bits per heavy atom. The molecule has 0 aromatic carbocycles. The van der Waals surface area contributed by atoms with Crippen LogP contribution in [-0.2, 0) is 9.47 Å². The van der Waals surface area contributed by atoms with Gasteiger partial charge in [0.2, 0.25) is 0 Å². The van der Waals surface area contributed by atoms with Gasteiger partial charge < -0.3 is 14.8 Å². The second kappa shape index (κ2) is 2.44.